The summed E-state index contributed by atoms with van der Waals surface area (Å²) in [7, 11) is 0. The van der Waals surface area contributed by atoms with Crippen LogP contribution in [-0.4, -0.2) is 104 Å². The molecular formula is C106H156O16. The van der Waals surface area contributed by atoms with E-state index in [0.717, 1.165) is 342 Å². The van der Waals surface area contributed by atoms with Crippen LogP contribution < -0.4 is 56.8 Å². The quantitative estimate of drug-likeness (QED) is 0.0201. The van der Waals surface area contributed by atoms with E-state index in [-0.39, 0.29) is 11.9 Å². The molecule has 0 radical (unpaired) electrons. The van der Waals surface area contributed by atoms with Crippen molar-refractivity contribution in [1.82, 2.24) is 0 Å². The van der Waals surface area contributed by atoms with Crippen molar-refractivity contribution < 1.29 is 75.9 Å². The first kappa shape index (κ1) is 97.7. The molecule has 0 aromatic heterocycles. The Kier molecular flexibility index (Phi) is 46.5. The van der Waals surface area contributed by atoms with Crippen LogP contribution in [0, 0.1) is 0 Å². The number of fused-ring (bicyclic) bond motifs is 14. The average Bonchev–Trinajstić information content (AvgIpc) is 0.731. The fourth-order valence-corrected chi connectivity index (χ4v) is 16.2. The topological polar surface area (TPSA) is 163 Å². The molecule has 0 bridgehead atoms. The highest BCUT2D eigenvalue weighted by Crippen LogP contribution is 2.50. The number of carbonyl (C=O) groups excluding carboxylic acids is 2. The van der Waals surface area contributed by atoms with E-state index in [1.165, 1.54) is 25.7 Å². The number of hydrogen-bond acceptors (Lipinski definition) is 16. The van der Waals surface area contributed by atoms with Gasteiger partial charge in [-0.15, -0.1) is 0 Å². The first-order valence-electron chi connectivity index (χ1n) is 49.1. The van der Waals surface area contributed by atoms with Gasteiger partial charge in [0.2, 0.25) is 0 Å². The monoisotopic (exact) mass is 1690 g/mol. The third-order valence-corrected chi connectivity index (χ3v) is 23.5. The summed E-state index contributed by atoms with van der Waals surface area (Å²) in [4.78, 5) is 26.9. The zero-order valence-corrected chi connectivity index (χ0v) is 76.9. The summed E-state index contributed by atoms with van der Waals surface area (Å²) in [5.41, 5.74) is 0. The summed E-state index contributed by atoms with van der Waals surface area (Å²) in [5.74, 6) is 8.14. The minimum atomic E-state index is -0.190. The maximum Gasteiger partial charge on any atom is 0.305 e. The summed E-state index contributed by atoms with van der Waals surface area (Å²) in [6, 6.07) is 26.2. The van der Waals surface area contributed by atoms with E-state index in [4.69, 9.17) is 66.3 Å². The molecule has 0 fully saturated rings. The second-order valence-electron chi connectivity index (χ2n) is 33.9. The third kappa shape index (κ3) is 32.4. The maximum absolute atomic E-state index is 13.4. The predicted octanol–water partition coefficient (Wildman–Crippen LogP) is 30.1. The summed E-state index contributed by atoms with van der Waals surface area (Å²) in [6.07, 6.45) is 44.5. The molecule has 1 heterocycles. The largest absolute Gasteiger partial charge is 0.490 e. The number of esters is 2. The number of benzene rings is 8. The highest BCUT2D eigenvalue weighted by molar-refractivity contribution is 6.28. The fourth-order valence-electron chi connectivity index (χ4n) is 16.2. The van der Waals surface area contributed by atoms with Crippen LogP contribution in [0.25, 0.3) is 64.6 Å². The summed E-state index contributed by atoms with van der Waals surface area (Å²) >= 11 is 0. The first-order valence-corrected chi connectivity index (χ1v) is 49.1. The maximum atomic E-state index is 13.4. The molecule has 1 aliphatic rings. The second kappa shape index (κ2) is 58.1. The molecule has 0 aliphatic carbocycles. The van der Waals surface area contributed by atoms with Gasteiger partial charge in [-0.25, -0.2) is 0 Å². The van der Waals surface area contributed by atoms with Gasteiger partial charge in [0.05, 0.1) is 92.5 Å². The number of rotatable bonds is 48. The molecule has 122 heavy (non-hydrogen) atoms. The zero-order chi connectivity index (χ0) is 85.8. The number of hydrogen-bond donors (Lipinski definition) is 0. The van der Waals surface area contributed by atoms with Crippen molar-refractivity contribution in [3.8, 4) is 69.0 Å². The molecular weight excluding hydrogens is 1530 g/mol. The van der Waals surface area contributed by atoms with Crippen LogP contribution in [0.15, 0.2) is 72.8 Å². The second-order valence-corrected chi connectivity index (χ2v) is 33.9. The van der Waals surface area contributed by atoms with E-state index < -0.39 is 0 Å². The van der Waals surface area contributed by atoms with Gasteiger partial charge >= 0.3 is 11.9 Å². The van der Waals surface area contributed by atoms with Gasteiger partial charge in [-0.2, -0.15) is 0 Å². The van der Waals surface area contributed by atoms with Gasteiger partial charge in [-0.1, -0.05) is 209 Å². The predicted molar refractivity (Wildman–Crippen MR) is 504 cm³/mol. The molecule has 0 unspecified atom stereocenters. The lowest BCUT2D eigenvalue weighted by atomic mass is 9.93. The summed E-state index contributed by atoms with van der Waals surface area (Å²) in [6.45, 7) is 25.0. The highest BCUT2D eigenvalue weighted by atomic mass is 16.6. The van der Waals surface area contributed by atoms with Crippen LogP contribution >= 0.6 is 0 Å². The van der Waals surface area contributed by atoms with Crippen LogP contribution in [0.3, 0.4) is 0 Å². The van der Waals surface area contributed by atoms with Gasteiger partial charge in [0.1, 0.15) is 0 Å². The van der Waals surface area contributed by atoms with Crippen molar-refractivity contribution >= 4 is 76.6 Å². The molecule has 0 spiro atoms. The number of cyclic esters (lactones) is 2. The summed E-state index contributed by atoms with van der Waals surface area (Å²) < 4.78 is 93.5. The minimum absolute atomic E-state index is 0.190. The Bertz CT molecular complexity index is 4050. The number of unbranched alkanes of at least 4 members (excludes halogenated alkanes) is 24. The van der Waals surface area contributed by atoms with E-state index in [0.29, 0.717) is 154 Å². The molecule has 0 saturated heterocycles. The van der Waals surface area contributed by atoms with Crippen LogP contribution in [0.2, 0.25) is 0 Å². The van der Waals surface area contributed by atoms with Gasteiger partial charge in [0.15, 0.2) is 69.0 Å². The number of carbonyl (C=O) groups is 2. The Labute approximate surface area is 733 Å². The molecule has 0 amide bonds. The van der Waals surface area contributed by atoms with E-state index >= 15 is 0 Å². The van der Waals surface area contributed by atoms with Gasteiger partial charge in [0.25, 0.3) is 0 Å². The Morgan fingerprint density at radius 3 is 0.516 bits per heavy atom. The molecule has 8 aromatic rings. The molecule has 9 rings (SSSR count). The van der Waals surface area contributed by atoms with Crippen LogP contribution in [-0.2, 0) is 19.1 Å². The van der Waals surface area contributed by atoms with Crippen molar-refractivity contribution in [2.75, 3.05) is 92.5 Å². The molecule has 0 atom stereocenters. The molecule has 16 heteroatoms. The lowest BCUT2D eigenvalue weighted by Gasteiger charge is -2.21. The molecule has 8 aromatic carbocycles. The van der Waals surface area contributed by atoms with E-state index in [1.54, 1.807) is 0 Å². The van der Waals surface area contributed by atoms with Gasteiger partial charge in [-0.3, -0.25) is 9.59 Å². The molecule has 16 nitrogen and oxygen atoms in total. The summed E-state index contributed by atoms with van der Waals surface area (Å²) in [5, 5.41) is 12.2. The van der Waals surface area contributed by atoms with Crippen molar-refractivity contribution in [3.05, 3.63) is 72.8 Å². The van der Waals surface area contributed by atoms with Crippen LogP contribution in [0.1, 0.15) is 351 Å². The highest BCUT2D eigenvalue weighted by Gasteiger charge is 2.25. The number of ether oxygens (including phenoxy) is 14. The van der Waals surface area contributed by atoms with Crippen molar-refractivity contribution in [2.24, 2.45) is 0 Å². The van der Waals surface area contributed by atoms with E-state index in [9.17, 15) is 9.59 Å². The lowest BCUT2D eigenvalue weighted by Crippen LogP contribution is -2.08. The lowest BCUT2D eigenvalue weighted by molar-refractivity contribution is -0.144. The van der Waals surface area contributed by atoms with Gasteiger partial charge in [-0.05, 0) is 266 Å². The standard InChI is InChI=1S/C106H156O16/c1-9-17-25-39-55-109-93-69-81-82-70-94(110-56-40-26-18-10-2)98(114-60-44-30-22-14-6)74-86(82)90-78-102-101(77-89(90)85(81)73-97(93)113-59-43-29-21-13-5)117-63-47-33-37-53-105(107)121-67-51-35-49-65-119-103-79-91-87-75-99(115-61-45-31-23-15-7)95(111-57-41-27-19-11-3)71-83(87)84-72-96(112-58-42-28-20-12-4)100(116-62-46-32-24-16-8)76-88(84)92(91)80-104(103)120-66-50-36-52-68-122-106(108)54-38-34-48-64-118-102/h69-80H,9-68H2,1-8H3. The van der Waals surface area contributed by atoms with Crippen LogP contribution in [0.5, 0.6) is 69.0 Å². The Morgan fingerprint density at radius 1 is 0.189 bits per heavy atom. The molecule has 0 saturated carbocycles. The van der Waals surface area contributed by atoms with Crippen molar-refractivity contribution in [3.63, 3.8) is 0 Å². The van der Waals surface area contributed by atoms with Gasteiger partial charge in [0, 0.05) is 12.8 Å². The Balaban J connectivity index is 0.983. The molecule has 0 N–H and O–H groups in total. The average molecular weight is 1690 g/mol. The smallest absolute Gasteiger partial charge is 0.305 e. The fraction of sp³-hybridized carbons (Fsp3) is 0.642. The third-order valence-electron chi connectivity index (χ3n) is 23.5. The van der Waals surface area contributed by atoms with Crippen LogP contribution in [0.4, 0.5) is 0 Å². The molecule has 1 aliphatic heterocycles. The zero-order valence-electron chi connectivity index (χ0n) is 76.9. The van der Waals surface area contributed by atoms with Crippen molar-refractivity contribution in [1.29, 1.82) is 0 Å². The van der Waals surface area contributed by atoms with E-state index in [1.807, 2.05) is 0 Å². The Morgan fingerprint density at radius 2 is 0.344 bits per heavy atom. The minimum Gasteiger partial charge on any atom is -0.490 e. The van der Waals surface area contributed by atoms with E-state index in [2.05, 4.69) is 128 Å². The first-order chi connectivity index (χ1) is 60.1. The van der Waals surface area contributed by atoms with Crippen molar-refractivity contribution in [2.45, 2.75) is 351 Å². The van der Waals surface area contributed by atoms with Gasteiger partial charge < -0.3 is 66.3 Å². The Hall–Kier alpha value is -8.14. The normalized spacial score (nSPS) is 14.3. The SMILES string of the molecule is CCCCCCOc1cc2c3cc(OCCCCCC)c(OCCCCCC)cc3c3cc4c(cc3c2cc1OCCCCCC)OCCCCCOC(=O)CCCCCOc1cc2c3cc(OCCCCCC)c(OCCCCCC)cc3c3cc(OCCCCCC)c(OCCCCCC)cc3c2cc1OCCCCCC(=O)OCCCCCO4. The molecule has 676 valence electrons.